The number of ether oxygens (including phenoxy) is 1. The van der Waals surface area contributed by atoms with Gasteiger partial charge in [-0.15, -0.1) is 0 Å². The molecule has 0 spiro atoms. The van der Waals surface area contributed by atoms with Crippen LogP contribution in [0.3, 0.4) is 0 Å². The van der Waals surface area contributed by atoms with Crippen LogP contribution in [0.25, 0.3) is 0 Å². The first kappa shape index (κ1) is 16.0. The van der Waals surface area contributed by atoms with Crippen LogP contribution >= 0.6 is 15.9 Å². The zero-order valence-corrected chi connectivity index (χ0v) is 13.1. The van der Waals surface area contributed by atoms with Crippen molar-refractivity contribution in [3.05, 3.63) is 41.1 Å². The first-order valence-electron chi connectivity index (χ1n) is 6.33. The number of nitrogens with zero attached hydrogens (tertiary/aromatic N) is 2. The second-order valence-electron chi connectivity index (χ2n) is 4.62. The highest BCUT2D eigenvalue weighted by molar-refractivity contribution is 9.09. The van der Waals surface area contributed by atoms with Gasteiger partial charge in [-0.1, -0.05) is 28.1 Å². The Hall–Kier alpha value is -1.37. The van der Waals surface area contributed by atoms with Crippen LogP contribution in [-0.4, -0.2) is 37.3 Å². The van der Waals surface area contributed by atoms with Crippen molar-refractivity contribution >= 4 is 30.0 Å². The van der Waals surface area contributed by atoms with Crippen molar-refractivity contribution in [3.8, 4) is 5.75 Å². The van der Waals surface area contributed by atoms with Crippen LogP contribution in [-0.2, 0) is 6.54 Å². The van der Waals surface area contributed by atoms with Crippen LogP contribution in [0.5, 0.6) is 5.75 Å². The molecule has 3 nitrogen and oxygen atoms in total. The lowest BCUT2D eigenvalue weighted by Crippen LogP contribution is -2.35. The molecule has 7 heteroatoms. The second-order valence-corrected chi connectivity index (χ2v) is 5.18. The predicted molar refractivity (Wildman–Crippen MR) is 83.2 cm³/mol. The molecule has 0 unspecified atom stereocenters. The number of benzene rings is 1. The largest absolute Gasteiger partial charge is 0.497 e. The summed E-state index contributed by atoms with van der Waals surface area (Å²) in [6.45, 7) is 0.221. The third-order valence-corrected chi connectivity index (χ3v) is 3.80. The summed E-state index contributed by atoms with van der Waals surface area (Å²) >= 11 is 3.22. The highest BCUT2D eigenvalue weighted by Crippen LogP contribution is 2.32. The summed E-state index contributed by atoms with van der Waals surface area (Å²) in [6, 6.07) is 7.17. The van der Waals surface area contributed by atoms with Gasteiger partial charge in [-0.05, 0) is 23.3 Å². The molecule has 0 saturated carbocycles. The van der Waals surface area contributed by atoms with E-state index in [1.807, 2.05) is 12.1 Å². The second kappa shape index (κ2) is 6.60. The minimum atomic E-state index is -3.42. The van der Waals surface area contributed by atoms with Gasteiger partial charge in [-0.25, -0.2) is 8.78 Å². The fraction of sp³-hybridized carbons (Fsp3) is 0.357. The van der Waals surface area contributed by atoms with E-state index in [2.05, 4.69) is 21.0 Å². The molecule has 1 aromatic rings. The lowest BCUT2D eigenvalue weighted by Gasteiger charge is -2.31. The number of hydrogen-bond acceptors (Lipinski definition) is 3. The molecule has 0 fully saturated rings. The van der Waals surface area contributed by atoms with Crippen LogP contribution in [0.2, 0.25) is 0 Å². The van der Waals surface area contributed by atoms with E-state index in [1.165, 1.54) is 5.01 Å². The number of alkyl halides is 3. The van der Waals surface area contributed by atoms with Gasteiger partial charge in [0, 0.05) is 18.0 Å². The van der Waals surface area contributed by atoms with E-state index in [0.29, 0.717) is 23.1 Å². The van der Waals surface area contributed by atoms with Crippen molar-refractivity contribution in [2.24, 2.45) is 5.10 Å². The molecular weight excluding hydrogens is 341 g/mol. The average Bonchev–Trinajstić information content (AvgIpc) is 2.46. The molecule has 110 valence electrons. The quantitative estimate of drug-likeness (QED) is 0.598. The molecule has 0 aliphatic carbocycles. The smallest absolute Gasteiger partial charge is 0.239 e. The summed E-state index contributed by atoms with van der Waals surface area (Å²) in [5.74, 6) is -2.71. The van der Waals surface area contributed by atoms with Crippen molar-refractivity contribution in [3.63, 3.8) is 0 Å². The number of allylic oxidation sites excluding steroid dienone is 2. The Morgan fingerprint density at radius 1 is 1.38 bits per heavy atom. The standard InChI is InChI=1S/C14H14BBrF2N2O/c1-21-12-4-2-10(3-5-12)9-20-13(14(15,17)18)11(8-16)6-7-19-20/h2-5,7H,6,8-9H2,1H3. The van der Waals surface area contributed by atoms with E-state index in [-0.39, 0.29) is 12.2 Å². The van der Waals surface area contributed by atoms with Gasteiger partial charge < -0.3 is 4.74 Å². The van der Waals surface area contributed by atoms with Crippen molar-refractivity contribution < 1.29 is 13.5 Å². The summed E-state index contributed by atoms with van der Waals surface area (Å²) in [5.41, 5.74) is 1.13. The van der Waals surface area contributed by atoms with Gasteiger partial charge in [0.1, 0.15) is 5.75 Å². The Kier molecular flexibility index (Phi) is 5.03. The highest BCUT2D eigenvalue weighted by atomic mass is 79.9. The summed E-state index contributed by atoms with van der Waals surface area (Å²) in [6.07, 6.45) is 1.97. The molecule has 0 aromatic heterocycles. The van der Waals surface area contributed by atoms with Gasteiger partial charge in [0.25, 0.3) is 0 Å². The monoisotopic (exact) mass is 354 g/mol. The molecule has 0 N–H and O–H groups in total. The van der Waals surface area contributed by atoms with Gasteiger partial charge in [0.2, 0.25) is 5.82 Å². The van der Waals surface area contributed by atoms with Crippen molar-refractivity contribution in [1.29, 1.82) is 0 Å². The van der Waals surface area contributed by atoms with E-state index >= 15 is 0 Å². The lowest BCUT2D eigenvalue weighted by atomic mass is 9.90. The molecule has 1 aromatic carbocycles. The lowest BCUT2D eigenvalue weighted by molar-refractivity contribution is 0.0901. The maximum absolute atomic E-state index is 13.7. The number of rotatable bonds is 5. The van der Waals surface area contributed by atoms with Gasteiger partial charge in [-0.3, -0.25) is 5.01 Å². The van der Waals surface area contributed by atoms with Gasteiger partial charge in [0.05, 0.1) is 19.4 Å². The van der Waals surface area contributed by atoms with Crippen molar-refractivity contribution in [1.82, 2.24) is 5.01 Å². The molecule has 2 radical (unpaired) electrons. The first-order valence-corrected chi connectivity index (χ1v) is 7.46. The molecule has 1 heterocycles. The molecule has 1 aliphatic heterocycles. The van der Waals surface area contributed by atoms with Gasteiger partial charge >= 0.3 is 0 Å². The van der Waals surface area contributed by atoms with Gasteiger partial charge in [0.15, 0.2) is 7.85 Å². The number of methoxy groups -OCH3 is 1. The first-order chi connectivity index (χ1) is 9.95. The summed E-state index contributed by atoms with van der Waals surface area (Å²) in [7, 11) is 6.59. The molecule has 0 bridgehead atoms. The Balaban J connectivity index is 2.25. The van der Waals surface area contributed by atoms with Crippen LogP contribution in [0, 0.1) is 0 Å². The maximum atomic E-state index is 13.7. The van der Waals surface area contributed by atoms with Gasteiger partial charge in [-0.2, -0.15) is 5.10 Å². The highest BCUT2D eigenvalue weighted by Gasteiger charge is 2.35. The Labute approximate surface area is 132 Å². The molecule has 2 rings (SSSR count). The fourth-order valence-electron chi connectivity index (χ4n) is 2.14. The Bertz CT molecular complexity index is 555. The minimum Gasteiger partial charge on any atom is -0.497 e. The SMILES string of the molecule is [B]C(F)(F)C1=C(CBr)CC=NN1Cc1ccc(OC)cc1. The molecule has 21 heavy (non-hydrogen) atoms. The molecule has 0 atom stereocenters. The Morgan fingerprint density at radius 3 is 2.57 bits per heavy atom. The summed E-state index contributed by atoms with van der Waals surface area (Å²) in [4.78, 5) is 0. The van der Waals surface area contributed by atoms with E-state index in [1.54, 1.807) is 25.5 Å². The Morgan fingerprint density at radius 2 is 2.05 bits per heavy atom. The third kappa shape index (κ3) is 3.84. The van der Waals surface area contributed by atoms with Crippen LogP contribution in [0.15, 0.2) is 40.6 Å². The molecule has 0 saturated heterocycles. The van der Waals surface area contributed by atoms with Crippen molar-refractivity contribution in [2.75, 3.05) is 12.4 Å². The number of hydrazone groups is 1. The molecule has 1 aliphatic rings. The van der Waals surface area contributed by atoms with Crippen LogP contribution < -0.4 is 4.74 Å². The number of halogens is 3. The zero-order valence-electron chi connectivity index (χ0n) is 11.5. The molecule has 0 amide bonds. The topological polar surface area (TPSA) is 24.8 Å². The van der Waals surface area contributed by atoms with E-state index in [4.69, 9.17) is 12.6 Å². The maximum Gasteiger partial charge on any atom is 0.239 e. The minimum absolute atomic E-state index is 0.221. The van der Waals surface area contributed by atoms with Crippen LogP contribution in [0.4, 0.5) is 8.78 Å². The summed E-state index contributed by atoms with van der Waals surface area (Å²) in [5, 5.41) is 5.64. The van der Waals surface area contributed by atoms with E-state index < -0.39 is 5.82 Å². The third-order valence-electron chi connectivity index (χ3n) is 3.12. The van der Waals surface area contributed by atoms with E-state index in [9.17, 15) is 8.78 Å². The predicted octanol–water partition coefficient (Wildman–Crippen LogP) is 3.30. The van der Waals surface area contributed by atoms with E-state index in [0.717, 1.165) is 5.56 Å². The molecular formula is C14H14BBrF2N2O. The number of hydrogen-bond donors (Lipinski definition) is 0. The van der Waals surface area contributed by atoms with Crippen LogP contribution in [0.1, 0.15) is 12.0 Å². The normalized spacial score (nSPS) is 15.5. The average molecular weight is 355 g/mol. The zero-order chi connectivity index (χ0) is 15.5. The summed E-state index contributed by atoms with van der Waals surface area (Å²) < 4.78 is 32.4. The fourth-order valence-corrected chi connectivity index (χ4v) is 2.63. The van der Waals surface area contributed by atoms with Crippen molar-refractivity contribution in [2.45, 2.75) is 18.8 Å².